The van der Waals surface area contributed by atoms with Crippen LogP contribution in [0.25, 0.3) is 0 Å². The summed E-state index contributed by atoms with van der Waals surface area (Å²) in [5.74, 6) is 0.172. The zero-order chi connectivity index (χ0) is 14.3. The Morgan fingerprint density at radius 1 is 1.16 bits per heavy atom. The maximum atomic E-state index is 12.1. The van der Waals surface area contributed by atoms with Crippen molar-refractivity contribution in [1.29, 1.82) is 0 Å². The van der Waals surface area contributed by atoms with E-state index in [-0.39, 0.29) is 23.9 Å². The molecule has 1 amide bonds. The van der Waals surface area contributed by atoms with Gasteiger partial charge in [0.25, 0.3) is 0 Å². The number of rotatable bonds is 7. The molecule has 0 fully saturated rings. The van der Waals surface area contributed by atoms with Crippen LogP contribution in [0.5, 0.6) is 0 Å². The number of carbonyl (C=O) groups excluding carboxylic acids is 1. The van der Waals surface area contributed by atoms with Gasteiger partial charge in [-0.25, -0.2) is 0 Å². The van der Waals surface area contributed by atoms with Crippen molar-refractivity contribution in [2.24, 2.45) is 11.7 Å². The molecule has 0 saturated heterocycles. The van der Waals surface area contributed by atoms with Gasteiger partial charge >= 0.3 is 0 Å². The lowest BCUT2D eigenvalue weighted by Gasteiger charge is -2.18. The standard InChI is InChI=1S/C16H26N2O/c1-12(8-7-9-13(2)17)16(19)18-14(3)15-10-5-4-6-11-15/h4-6,10-14H,7-9,17H2,1-3H3,(H,18,19)/t12?,13?,14-/m0/s1. The topological polar surface area (TPSA) is 55.1 Å². The Bertz CT molecular complexity index is 376. The summed E-state index contributed by atoms with van der Waals surface area (Å²) in [5, 5.41) is 3.06. The Kier molecular flexibility index (Phi) is 6.57. The summed E-state index contributed by atoms with van der Waals surface area (Å²) in [6.07, 6.45) is 2.88. The van der Waals surface area contributed by atoms with Crippen LogP contribution in [0.1, 0.15) is 51.6 Å². The van der Waals surface area contributed by atoms with E-state index in [0.29, 0.717) is 0 Å². The largest absolute Gasteiger partial charge is 0.349 e. The van der Waals surface area contributed by atoms with Gasteiger partial charge in [0.2, 0.25) is 5.91 Å². The van der Waals surface area contributed by atoms with Crippen LogP contribution in [0.3, 0.4) is 0 Å². The summed E-state index contributed by atoms with van der Waals surface area (Å²) < 4.78 is 0. The van der Waals surface area contributed by atoms with Gasteiger partial charge in [0.1, 0.15) is 0 Å². The summed E-state index contributed by atoms with van der Waals surface area (Å²) >= 11 is 0. The number of hydrogen-bond donors (Lipinski definition) is 2. The van der Waals surface area contributed by atoms with Gasteiger partial charge in [-0.05, 0) is 32.3 Å². The fourth-order valence-electron chi connectivity index (χ4n) is 2.06. The first-order valence-electron chi connectivity index (χ1n) is 7.11. The van der Waals surface area contributed by atoms with Gasteiger partial charge in [0.15, 0.2) is 0 Å². The average Bonchev–Trinajstić information content (AvgIpc) is 2.39. The first kappa shape index (κ1) is 15.7. The lowest BCUT2D eigenvalue weighted by molar-refractivity contribution is -0.125. The molecule has 0 aliphatic rings. The van der Waals surface area contributed by atoms with Crippen LogP contribution in [-0.4, -0.2) is 11.9 Å². The van der Waals surface area contributed by atoms with Crippen molar-refractivity contribution in [3.8, 4) is 0 Å². The van der Waals surface area contributed by atoms with Gasteiger partial charge in [-0.2, -0.15) is 0 Å². The van der Waals surface area contributed by atoms with Crippen molar-refractivity contribution >= 4 is 5.91 Å². The van der Waals surface area contributed by atoms with Gasteiger partial charge in [-0.1, -0.05) is 43.7 Å². The second-order valence-corrected chi connectivity index (χ2v) is 5.45. The number of hydrogen-bond acceptors (Lipinski definition) is 2. The van der Waals surface area contributed by atoms with Crippen LogP contribution in [0.15, 0.2) is 30.3 Å². The molecule has 19 heavy (non-hydrogen) atoms. The van der Waals surface area contributed by atoms with Gasteiger partial charge in [0, 0.05) is 12.0 Å². The minimum atomic E-state index is 0.0462. The van der Waals surface area contributed by atoms with Crippen molar-refractivity contribution < 1.29 is 4.79 Å². The van der Waals surface area contributed by atoms with Gasteiger partial charge < -0.3 is 11.1 Å². The summed E-state index contributed by atoms with van der Waals surface area (Å²) in [7, 11) is 0. The zero-order valence-corrected chi connectivity index (χ0v) is 12.2. The lowest BCUT2D eigenvalue weighted by Crippen LogP contribution is -2.31. The first-order valence-corrected chi connectivity index (χ1v) is 7.11. The molecule has 3 atom stereocenters. The normalized spacial score (nSPS) is 15.6. The van der Waals surface area contributed by atoms with Crippen molar-refractivity contribution in [1.82, 2.24) is 5.32 Å². The molecule has 3 heteroatoms. The molecule has 1 aromatic carbocycles. The molecule has 0 aliphatic heterocycles. The molecule has 1 rings (SSSR count). The van der Waals surface area contributed by atoms with Crippen LogP contribution in [0, 0.1) is 5.92 Å². The molecular formula is C16H26N2O. The highest BCUT2D eigenvalue weighted by atomic mass is 16.1. The Morgan fingerprint density at radius 2 is 1.79 bits per heavy atom. The van der Waals surface area contributed by atoms with E-state index >= 15 is 0 Å². The summed E-state index contributed by atoms with van der Waals surface area (Å²) in [5.41, 5.74) is 6.85. The number of nitrogens with two attached hydrogens (primary N) is 1. The molecule has 3 N–H and O–H groups in total. The molecule has 0 radical (unpaired) electrons. The first-order chi connectivity index (χ1) is 9.00. The predicted octanol–water partition coefficient (Wildman–Crippen LogP) is 3.02. The highest BCUT2D eigenvalue weighted by molar-refractivity contribution is 5.78. The van der Waals surface area contributed by atoms with E-state index < -0.39 is 0 Å². The summed E-state index contributed by atoms with van der Waals surface area (Å²) in [4.78, 5) is 12.1. The molecule has 0 aliphatic carbocycles. The predicted molar refractivity (Wildman–Crippen MR) is 79.7 cm³/mol. The van der Waals surface area contributed by atoms with E-state index in [9.17, 15) is 4.79 Å². The van der Waals surface area contributed by atoms with Crippen molar-refractivity contribution in [2.45, 2.75) is 52.1 Å². The second kappa shape index (κ2) is 7.95. The minimum absolute atomic E-state index is 0.0462. The molecule has 0 heterocycles. The maximum Gasteiger partial charge on any atom is 0.223 e. The van der Waals surface area contributed by atoms with Crippen molar-refractivity contribution in [3.05, 3.63) is 35.9 Å². The Morgan fingerprint density at radius 3 is 2.37 bits per heavy atom. The monoisotopic (exact) mass is 262 g/mol. The third kappa shape index (κ3) is 5.88. The quantitative estimate of drug-likeness (QED) is 0.793. The average molecular weight is 262 g/mol. The van der Waals surface area contributed by atoms with Gasteiger partial charge in [0.05, 0.1) is 6.04 Å². The van der Waals surface area contributed by atoms with Crippen molar-refractivity contribution in [3.63, 3.8) is 0 Å². The molecule has 0 saturated carbocycles. The van der Waals surface area contributed by atoms with E-state index in [1.165, 1.54) is 0 Å². The van der Waals surface area contributed by atoms with Gasteiger partial charge in [-0.15, -0.1) is 0 Å². The third-order valence-electron chi connectivity index (χ3n) is 3.40. The van der Waals surface area contributed by atoms with Crippen LogP contribution in [0.4, 0.5) is 0 Å². The number of benzene rings is 1. The summed E-state index contributed by atoms with van der Waals surface area (Å²) in [6.45, 7) is 6.00. The maximum absolute atomic E-state index is 12.1. The summed E-state index contributed by atoms with van der Waals surface area (Å²) in [6, 6.07) is 10.3. The Balaban J connectivity index is 2.37. The van der Waals surface area contributed by atoms with Crippen LogP contribution >= 0.6 is 0 Å². The molecule has 0 aromatic heterocycles. The Labute approximate surface area is 116 Å². The van der Waals surface area contributed by atoms with Crippen LogP contribution < -0.4 is 11.1 Å². The van der Waals surface area contributed by atoms with Gasteiger partial charge in [-0.3, -0.25) is 4.79 Å². The molecule has 2 unspecified atom stereocenters. The van der Waals surface area contributed by atoms with E-state index in [4.69, 9.17) is 5.73 Å². The zero-order valence-electron chi connectivity index (χ0n) is 12.2. The number of amides is 1. The molecule has 0 spiro atoms. The van der Waals surface area contributed by atoms with Crippen LogP contribution in [0.2, 0.25) is 0 Å². The SMILES string of the molecule is CC(N)CCCC(C)C(=O)N[C@@H](C)c1ccccc1. The lowest BCUT2D eigenvalue weighted by atomic mass is 10.0. The number of carbonyl (C=O) groups is 1. The van der Waals surface area contributed by atoms with Crippen LogP contribution in [-0.2, 0) is 4.79 Å². The van der Waals surface area contributed by atoms with Crippen molar-refractivity contribution in [2.75, 3.05) is 0 Å². The minimum Gasteiger partial charge on any atom is -0.349 e. The smallest absolute Gasteiger partial charge is 0.223 e. The highest BCUT2D eigenvalue weighted by Gasteiger charge is 2.15. The fourth-order valence-corrected chi connectivity index (χ4v) is 2.06. The second-order valence-electron chi connectivity index (χ2n) is 5.45. The molecule has 1 aromatic rings. The molecular weight excluding hydrogens is 236 g/mol. The Hall–Kier alpha value is -1.35. The van der Waals surface area contributed by atoms with E-state index in [1.54, 1.807) is 0 Å². The third-order valence-corrected chi connectivity index (χ3v) is 3.40. The van der Waals surface area contributed by atoms with E-state index in [2.05, 4.69) is 5.32 Å². The van der Waals surface area contributed by atoms with E-state index in [0.717, 1.165) is 24.8 Å². The molecule has 106 valence electrons. The number of nitrogens with one attached hydrogen (secondary N) is 1. The molecule has 0 bridgehead atoms. The molecule has 3 nitrogen and oxygen atoms in total. The highest BCUT2D eigenvalue weighted by Crippen LogP contribution is 2.14. The fraction of sp³-hybridized carbons (Fsp3) is 0.562. The van der Waals surface area contributed by atoms with E-state index in [1.807, 2.05) is 51.1 Å².